The number of hydrogen-bond acceptors (Lipinski definition) is 4. The number of rotatable bonds is 5. The molecule has 0 radical (unpaired) electrons. The molecule has 1 aromatic carbocycles. The Morgan fingerprint density at radius 1 is 1.29 bits per heavy atom. The minimum absolute atomic E-state index is 0.0284. The van der Waals surface area contributed by atoms with E-state index in [0.717, 1.165) is 25.9 Å². The number of hydrogen-bond donors (Lipinski definition) is 1. The van der Waals surface area contributed by atoms with Crippen molar-refractivity contribution >= 4 is 5.82 Å². The molecule has 1 fully saturated rings. The maximum Gasteiger partial charge on any atom is 0.293 e. The van der Waals surface area contributed by atoms with Gasteiger partial charge in [-0.25, -0.2) is 4.98 Å². The quantitative estimate of drug-likeness (QED) is 0.918. The monoisotopic (exact) mass is 326 g/mol. The van der Waals surface area contributed by atoms with E-state index < -0.39 is 0 Å². The lowest BCUT2D eigenvalue weighted by Gasteiger charge is -2.38. The fourth-order valence-corrected chi connectivity index (χ4v) is 3.39. The average Bonchev–Trinajstić information content (AvgIpc) is 2.60. The SMILES string of the molecule is CCn1ccnc(N[C@@H]2CCN(Cc3ccccc3)[C@H](C)C2)c1=O. The van der Waals surface area contributed by atoms with Gasteiger partial charge in [0.05, 0.1) is 0 Å². The highest BCUT2D eigenvalue weighted by Gasteiger charge is 2.26. The fraction of sp³-hybridized carbons (Fsp3) is 0.474. The molecule has 1 saturated heterocycles. The van der Waals surface area contributed by atoms with Gasteiger partial charge in [-0.1, -0.05) is 30.3 Å². The van der Waals surface area contributed by atoms with Crippen molar-refractivity contribution in [3.05, 3.63) is 58.6 Å². The number of piperidine rings is 1. The summed E-state index contributed by atoms with van der Waals surface area (Å²) in [6.07, 6.45) is 5.48. The van der Waals surface area contributed by atoms with Gasteiger partial charge < -0.3 is 9.88 Å². The minimum atomic E-state index is -0.0284. The number of likely N-dealkylation sites (tertiary alicyclic amines) is 1. The second kappa shape index (κ2) is 7.62. The molecule has 0 saturated carbocycles. The third-order valence-corrected chi connectivity index (χ3v) is 4.84. The lowest BCUT2D eigenvalue weighted by molar-refractivity contribution is 0.144. The molecular weight excluding hydrogens is 300 g/mol. The van der Waals surface area contributed by atoms with Gasteiger partial charge in [-0.3, -0.25) is 9.69 Å². The highest BCUT2D eigenvalue weighted by molar-refractivity contribution is 5.32. The Morgan fingerprint density at radius 2 is 2.08 bits per heavy atom. The smallest absolute Gasteiger partial charge is 0.293 e. The molecule has 0 unspecified atom stereocenters. The molecule has 0 amide bonds. The number of aryl methyl sites for hydroxylation is 1. The van der Waals surface area contributed by atoms with Gasteiger partial charge in [0, 0.05) is 44.1 Å². The highest BCUT2D eigenvalue weighted by Crippen LogP contribution is 2.21. The van der Waals surface area contributed by atoms with E-state index in [1.807, 2.05) is 6.92 Å². The standard InChI is InChI=1S/C19H26N4O/c1-3-22-12-10-20-18(19(22)24)21-17-9-11-23(15(2)13-17)14-16-7-5-4-6-8-16/h4-8,10,12,15,17H,3,9,11,13-14H2,1-2H3,(H,20,21)/t15-,17-/m1/s1. The molecule has 2 aromatic rings. The van der Waals surface area contributed by atoms with Gasteiger partial charge in [-0.05, 0) is 32.3 Å². The van der Waals surface area contributed by atoms with E-state index >= 15 is 0 Å². The van der Waals surface area contributed by atoms with Crippen LogP contribution in [-0.2, 0) is 13.1 Å². The first kappa shape index (κ1) is 16.7. The lowest BCUT2D eigenvalue weighted by atomic mass is 9.97. The zero-order valence-corrected chi connectivity index (χ0v) is 14.5. The number of benzene rings is 1. The van der Waals surface area contributed by atoms with E-state index in [2.05, 4.69) is 52.5 Å². The first-order valence-corrected chi connectivity index (χ1v) is 8.77. The topological polar surface area (TPSA) is 50.2 Å². The van der Waals surface area contributed by atoms with Gasteiger partial charge in [0.2, 0.25) is 0 Å². The Balaban J connectivity index is 1.61. The summed E-state index contributed by atoms with van der Waals surface area (Å²) < 4.78 is 1.68. The van der Waals surface area contributed by atoms with Gasteiger partial charge in [0.15, 0.2) is 5.82 Å². The van der Waals surface area contributed by atoms with Crippen molar-refractivity contribution in [1.82, 2.24) is 14.5 Å². The van der Waals surface area contributed by atoms with Gasteiger partial charge in [0.25, 0.3) is 5.56 Å². The number of aromatic nitrogens is 2. The van der Waals surface area contributed by atoms with Gasteiger partial charge >= 0.3 is 0 Å². The first-order valence-electron chi connectivity index (χ1n) is 8.77. The normalized spacial score (nSPS) is 21.6. The number of nitrogens with one attached hydrogen (secondary N) is 1. The van der Waals surface area contributed by atoms with Crippen LogP contribution in [0.2, 0.25) is 0 Å². The predicted molar refractivity (Wildman–Crippen MR) is 97.1 cm³/mol. The molecule has 1 aliphatic rings. The van der Waals surface area contributed by atoms with Crippen LogP contribution < -0.4 is 10.9 Å². The van der Waals surface area contributed by atoms with E-state index in [1.54, 1.807) is 17.0 Å². The fourth-order valence-electron chi connectivity index (χ4n) is 3.39. The van der Waals surface area contributed by atoms with Crippen molar-refractivity contribution in [2.24, 2.45) is 0 Å². The maximum absolute atomic E-state index is 12.3. The molecule has 0 spiro atoms. The molecule has 0 bridgehead atoms. The van der Waals surface area contributed by atoms with Crippen LogP contribution in [0.3, 0.4) is 0 Å². The molecule has 1 aromatic heterocycles. The van der Waals surface area contributed by atoms with Crippen LogP contribution in [0, 0.1) is 0 Å². The van der Waals surface area contributed by atoms with Crippen LogP contribution in [0.1, 0.15) is 32.3 Å². The van der Waals surface area contributed by atoms with E-state index in [9.17, 15) is 4.79 Å². The summed E-state index contributed by atoms with van der Waals surface area (Å²) in [6.45, 7) is 6.92. The molecule has 5 heteroatoms. The largest absolute Gasteiger partial charge is 0.363 e. The van der Waals surface area contributed by atoms with Crippen LogP contribution in [0.25, 0.3) is 0 Å². The molecule has 3 rings (SSSR count). The summed E-state index contributed by atoms with van der Waals surface area (Å²) in [7, 11) is 0. The summed E-state index contributed by atoms with van der Waals surface area (Å²) in [5.74, 6) is 0.480. The Kier molecular flexibility index (Phi) is 5.30. The van der Waals surface area contributed by atoms with Gasteiger partial charge in [0.1, 0.15) is 0 Å². The van der Waals surface area contributed by atoms with E-state index in [-0.39, 0.29) is 5.56 Å². The molecule has 5 nitrogen and oxygen atoms in total. The molecule has 128 valence electrons. The van der Waals surface area contributed by atoms with Crippen LogP contribution in [0.4, 0.5) is 5.82 Å². The molecule has 2 atom stereocenters. The van der Waals surface area contributed by atoms with E-state index in [1.165, 1.54) is 5.56 Å². The van der Waals surface area contributed by atoms with Crippen molar-refractivity contribution < 1.29 is 0 Å². The Bertz CT molecular complexity index is 713. The van der Waals surface area contributed by atoms with Crippen molar-refractivity contribution in [3.63, 3.8) is 0 Å². The average molecular weight is 326 g/mol. The number of nitrogens with zero attached hydrogens (tertiary/aromatic N) is 3. The molecule has 0 aliphatic carbocycles. The third kappa shape index (κ3) is 3.85. The summed E-state index contributed by atoms with van der Waals surface area (Å²) in [4.78, 5) is 19.0. The Morgan fingerprint density at radius 3 is 2.79 bits per heavy atom. The second-order valence-electron chi connectivity index (χ2n) is 6.54. The summed E-state index contributed by atoms with van der Waals surface area (Å²) in [5, 5.41) is 3.37. The van der Waals surface area contributed by atoms with E-state index in [4.69, 9.17) is 0 Å². The Hall–Kier alpha value is -2.14. The van der Waals surface area contributed by atoms with Crippen LogP contribution in [-0.4, -0.2) is 33.1 Å². The van der Waals surface area contributed by atoms with Crippen LogP contribution in [0.5, 0.6) is 0 Å². The molecule has 24 heavy (non-hydrogen) atoms. The van der Waals surface area contributed by atoms with E-state index in [0.29, 0.717) is 24.4 Å². The van der Waals surface area contributed by atoms with Gasteiger partial charge in [-0.2, -0.15) is 0 Å². The third-order valence-electron chi connectivity index (χ3n) is 4.84. The van der Waals surface area contributed by atoms with Crippen molar-refractivity contribution in [2.75, 3.05) is 11.9 Å². The summed E-state index contributed by atoms with van der Waals surface area (Å²) >= 11 is 0. The summed E-state index contributed by atoms with van der Waals surface area (Å²) in [5.41, 5.74) is 1.32. The molecular formula is C19H26N4O. The number of anilines is 1. The minimum Gasteiger partial charge on any atom is -0.363 e. The van der Waals surface area contributed by atoms with Crippen LogP contribution >= 0.6 is 0 Å². The zero-order valence-electron chi connectivity index (χ0n) is 14.5. The van der Waals surface area contributed by atoms with Crippen molar-refractivity contribution in [3.8, 4) is 0 Å². The highest BCUT2D eigenvalue weighted by atomic mass is 16.1. The molecule has 1 N–H and O–H groups in total. The summed E-state index contributed by atoms with van der Waals surface area (Å²) in [6, 6.07) is 11.4. The van der Waals surface area contributed by atoms with Crippen LogP contribution in [0.15, 0.2) is 47.5 Å². The second-order valence-corrected chi connectivity index (χ2v) is 6.54. The van der Waals surface area contributed by atoms with Crippen molar-refractivity contribution in [2.45, 2.75) is 51.9 Å². The molecule has 1 aliphatic heterocycles. The predicted octanol–water partition coefficient (Wildman–Crippen LogP) is 2.73. The molecule has 2 heterocycles. The maximum atomic E-state index is 12.3. The van der Waals surface area contributed by atoms with Crippen molar-refractivity contribution in [1.29, 1.82) is 0 Å². The zero-order chi connectivity index (χ0) is 16.9. The lowest BCUT2D eigenvalue weighted by Crippen LogP contribution is -2.45. The van der Waals surface area contributed by atoms with Gasteiger partial charge in [-0.15, -0.1) is 0 Å². The Labute approximate surface area is 143 Å². The first-order chi connectivity index (χ1) is 11.7.